The van der Waals surface area contributed by atoms with Crippen molar-refractivity contribution >= 4 is 34.8 Å². The van der Waals surface area contributed by atoms with Gasteiger partial charge in [0.15, 0.2) is 0 Å². The fourth-order valence-corrected chi connectivity index (χ4v) is 5.38. The number of carbonyl (C=O) groups excluding carboxylic acids is 2. The van der Waals surface area contributed by atoms with Crippen molar-refractivity contribution < 1.29 is 18.7 Å². The zero-order chi connectivity index (χ0) is 24.9. The number of amides is 2. The maximum absolute atomic E-state index is 13.7. The molecule has 2 heterocycles. The second-order valence-electron chi connectivity index (χ2n) is 8.61. The third kappa shape index (κ3) is 5.85. The molecule has 4 rings (SSSR count). The largest absolute Gasteiger partial charge is 0.491 e. The lowest BCUT2D eigenvalue weighted by molar-refractivity contribution is -0.135. The van der Waals surface area contributed by atoms with E-state index < -0.39 is 5.82 Å². The van der Waals surface area contributed by atoms with Crippen LogP contribution in [-0.4, -0.2) is 47.9 Å². The van der Waals surface area contributed by atoms with Crippen LogP contribution in [0.25, 0.3) is 0 Å². The minimum atomic E-state index is -0.478. The number of hydrogen-bond acceptors (Lipinski definition) is 4. The number of carbonyl (C=O) groups is 2. The van der Waals surface area contributed by atoms with Gasteiger partial charge in [0.1, 0.15) is 24.7 Å². The van der Waals surface area contributed by atoms with Gasteiger partial charge in [-0.25, -0.2) is 4.39 Å². The number of halogens is 2. The van der Waals surface area contributed by atoms with E-state index in [-0.39, 0.29) is 30.0 Å². The Bertz CT molecular complexity index is 1210. The number of ether oxygens (including phenoxy) is 1. The molecule has 0 N–H and O–H groups in total. The van der Waals surface area contributed by atoms with Gasteiger partial charge >= 0.3 is 0 Å². The minimum absolute atomic E-state index is 0.0702. The van der Waals surface area contributed by atoms with E-state index in [0.717, 1.165) is 17.5 Å². The molecule has 2 aromatic carbocycles. The lowest BCUT2D eigenvalue weighted by Gasteiger charge is -2.37. The first-order chi connectivity index (χ1) is 16.9. The number of nitrogens with zero attached hydrogens (tertiary/aromatic N) is 2. The predicted molar refractivity (Wildman–Crippen MR) is 137 cm³/mol. The first kappa shape index (κ1) is 25.2. The van der Waals surface area contributed by atoms with Crippen LogP contribution in [0.3, 0.4) is 0 Å². The normalized spacial score (nSPS) is 15.0. The fourth-order valence-electron chi connectivity index (χ4n) is 4.34. The van der Waals surface area contributed by atoms with E-state index in [2.05, 4.69) is 0 Å². The molecule has 1 atom stereocenters. The fraction of sp³-hybridized carbons (Fsp3) is 0.333. The van der Waals surface area contributed by atoms with Crippen LogP contribution in [0.4, 0.5) is 4.39 Å². The molecular formula is C27H28ClFN2O3S. The molecule has 0 saturated heterocycles. The molecule has 35 heavy (non-hydrogen) atoms. The van der Waals surface area contributed by atoms with Crippen molar-refractivity contribution in [3.05, 3.63) is 86.3 Å². The van der Waals surface area contributed by atoms with E-state index >= 15 is 0 Å². The van der Waals surface area contributed by atoms with Crippen LogP contribution in [0.15, 0.2) is 53.9 Å². The van der Waals surface area contributed by atoms with Gasteiger partial charge in [-0.15, -0.1) is 11.3 Å². The molecular weight excluding hydrogens is 487 g/mol. The summed E-state index contributed by atoms with van der Waals surface area (Å²) in [6.07, 6.45) is 1.45. The summed E-state index contributed by atoms with van der Waals surface area (Å²) in [6, 6.07) is 12.9. The van der Waals surface area contributed by atoms with Crippen LogP contribution >= 0.6 is 22.9 Å². The molecule has 8 heteroatoms. The zero-order valence-corrected chi connectivity index (χ0v) is 21.4. The Labute approximate surface area is 214 Å². The molecule has 1 aliphatic heterocycles. The number of aryl methyl sites for hydroxylation is 1. The quantitative estimate of drug-likeness (QED) is 0.375. The van der Waals surface area contributed by atoms with Crippen LogP contribution in [0.2, 0.25) is 5.02 Å². The van der Waals surface area contributed by atoms with E-state index in [0.29, 0.717) is 36.9 Å². The van der Waals surface area contributed by atoms with Gasteiger partial charge in [0.25, 0.3) is 5.91 Å². The number of rotatable bonds is 8. The van der Waals surface area contributed by atoms with Crippen LogP contribution in [-0.2, 0) is 11.2 Å². The Morgan fingerprint density at radius 2 is 2.06 bits per heavy atom. The molecule has 0 aliphatic carbocycles. The maximum Gasteiger partial charge on any atom is 0.254 e. The summed E-state index contributed by atoms with van der Waals surface area (Å²) in [5.74, 6) is -0.289. The predicted octanol–water partition coefficient (Wildman–Crippen LogP) is 5.91. The molecule has 0 spiro atoms. The van der Waals surface area contributed by atoms with Gasteiger partial charge in [-0.3, -0.25) is 9.59 Å². The van der Waals surface area contributed by atoms with Gasteiger partial charge in [0.05, 0.1) is 6.04 Å². The van der Waals surface area contributed by atoms with Crippen LogP contribution in [0, 0.1) is 12.7 Å². The minimum Gasteiger partial charge on any atom is -0.491 e. The zero-order valence-electron chi connectivity index (χ0n) is 19.8. The first-order valence-corrected chi connectivity index (χ1v) is 12.9. The van der Waals surface area contributed by atoms with E-state index in [1.807, 2.05) is 37.4 Å². The van der Waals surface area contributed by atoms with Gasteiger partial charge in [-0.1, -0.05) is 24.6 Å². The van der Waals surface area contributed by atoms with Gasteiger partial charge in [-0.2, -0.15) is 0 Å². The van der Waals surface area contributed by atoms with Gasteiger partial charge in [0, 0.05) is 28.6 Å². The highest BCUT2D eigenvalue weighted by atomic mass is 35.5. The standard InChI is InChI=1S/C27H28ClFN2O3S/c1-3-11-30(27(33)19-5-4-6-20(29)15-19)16-26(32)31-12-9-25-22(10-13-35-25)24(31)17-34-21-7-8-23(28)18(2)14-21/h4-8,10,13-15,24H,3,9,11-12,16-17H2,1-2H3/t24-/m0/s1. The van der Waals surface area contributed by atoms with E-state index in [9.17, 15) is 14.0 Å². The summed E-state index contributed by atoms with van der Waals surface area (Å²) < 4.78 is 19.8. The number of hydrogen-bond donors (Lipinski definition) is 0. The summed E-state index contributed by atoms with van der Waals surface area (Å²) >= 11 is 7.82. The monoisotopic (exact) mass is 514 g/mol. The highest BCUT2D eigenvalue weighted by molar-refractivity contribution is 7.10. The molecule has 1 aromatic heterocycles. The van der Waals surface area contributed by atoms with Crippen molar-refractivity contribution in [2.45, 2.75) is 32.7 Å². The highest BCUT2D eigenvalue weighted by Crippen LogP contribution is 2.34. The topological polar surface area (TPSA) is 49.9 Å². The van der Waals surface area contributed by atoms with Crippen molar-refractivity contribution in [3.63, 3.8) is 0 Å². The summed E-state index contributed by atoms with van der Waals surface area (Å²) in [4.78, 5) is 31.1. The van der Waals surface area contributed by atoms with Crippen molar-refractivity contribution in [1.29, 1.82) is 0 Å². The number of fused-ring (bicyclic) bond motifs is 1. The first-order valence-electron chi connectivity index (χ1n) is 11.7. The van der Waals surface area contributed by atoms with Crippen LogP contribution < -0.4 is 4.74 Å². The van der Waals surface area contributed by atoms with Gasteiger partial charge in [0.2, 0.25) is 5.91 Å². The molecule has 0 unspecified atom stereocenters. The Balaban J connectivity index is 1.52. The van der Waals surface area contributed by atoms with Crippen LogP contribution in [0.1, 0.15) is 45.7 Å². The van der Waals surface area contributed by atoms with Crippen molar-refractivity contribution in [2.24, 2.45) is 0 Å². The summed E-state index contributed by atoms with van der Waals surface area (Å²) in [7, 11) is 0. The lowest BCUT2D eigenvalue weighted by atomic mass is 10.00. The van der Waals surface area contributed by atoms with Crippen molar-refractivity contribution in [1.82, 2.24) is 9.80 Å². The van der Waals surface area contributed by atoms with E-state index in [4.69, 9.17) is 16.3 Å². The SMILES string of the molecule is CCCN(CC(=O)N1CCc2sccc2[C@@H]1COc1ccc(Cl)c(C)c1)C(=O)c1cccc(F)c1. The number of benzene rings is 2. The molecule has 0 saturated carbocycles. The molecule has 1 aliphatic rings. The van der Waals surface area contributed by atoms with E-state index in [1.54, 1.807) is 28.4 Å². The van der Waals surface area contributed by atoms with Crippen LogP contribution in [0.5, 0.6) is 5.75 Å². The summed E-state index contributed by atoms with van der Waals surface area (Å²) in [5.41, 5.74) is 2.24. The van der Waals surface area contributed by atoms with E-state index in [1.165, 1.54) is 28.0 Å². The van der Waals surface area contributed by atoms with Crippen molar-refractivity contribution in [2.75, 3.05) is 26.2 Å². The molecule has 0 radical (unpaired) electrons. The molecule has 0 bridgehead atoms. The molecule has 184 valence electrons. The van der Waals surface area contributed by atoms with Gasteiger partial charge in [-0.05, 0) is 78.7 Å². The Morgan fingerprint density at radius 3 is 2.80 bits per heavy atom. The molecule has 3 aromatic rings. The average molecular weight is 515 g/mol. The molecule has 0 fully saturated rings. The number of thiophene rings is 1. The lowest BCUT2D eigenvalue weighted by Crippen LogP contribution is -2.48. The third-order valence-corrected chi connectivity index (χ3v) is 7.55. The molecule has 5 nitrogen and oxygen atoms in total. The summed E-state index contributed by atoms with van der Waals surface area (Å²) in [5, 5.41) is 2.71. The third-order valence-electron chi connectivity index (χ3n) is 6.13. The van der Waals surface area contributed by atoms with Crippen molar-refractivity contribution in [3.8, 4) is 5.75 Å². The Hall–Kier alpha value is -2.90. The smallest absolute Gasteiger partial charge is 0.254 e. The average Bonchev–Trinajstić information content (AvgIpc) is 3.33. The second kappa shape index (κ2) is 11.2. The Morgan fingerprint density at radius 1 is 1.23 bits per heavy atom. The van der Waals surface area contributed by atoms with Gasteiger partial charge < -0.3 is 14.5 Å². The molecule has 2 amide bonds. The Kier molecular flexibility index (Phi) is 8.08. The summed E-state index contributed by atoms with van der Waals surface area (Å²) in [6.45, 7) is 5.04. The highest BCUT2D eigenvalue weighted by Gasteiger charge is 2.33. The maximum atomic E-state index is 13.7. The second-order valence-corrected chi connectivity index (χ2v) is 10.0.